The minimum Gasteiger partial charge on any atom is -0.391 e. The molecule has 1 N–H and O–H groups in total. The number of amides is 2. The van der Waals surface area contributed by atoms with Gasteiger partial charge in [-0.15, -0.1) is 0 Å². The molecule has 3 aliphatic rings. The molecular formula is C21H31N5O3. The molecule has 1 spiro atoms. The summed E-state index contributed by atoms with van der Waals surface area (Å²) >= 11 is 0. The van der Waals surface area contributed by atoms with Crippen LogP contribution in [0, 0.1) is 5.41 Å². The molecule has 158 valence electrons. The van der Waals surface area contributed by atoms with Gasteiger partial charge in [0.2, 0.25) is 5.91 Å². The van der Waals surface area contributed by atoms with Crippen molar-refractivity contribution in [2.45, 2.75) is 51.6 Å². The highest BCUT2D eigenvalue weighted by Crippen LogP contribution is 2.40. The van der Waals surface area contributed by atoms with E-state index in [2.05, 4.69) is 14.9 Å². The Labute approximate surface area is 171 Å². The number of likely N-dealkylation sites (tertiary alicyclic amines) is 2. The largest absolute Gasteiger partial charge is 0.391 e. The summed E-state index contributed by atoms with van der Waals surface area (Å²) < 4.78 is 0. The van der Waals surface area contributed by atoms with E-state index >= 15 is 0 Å². The number of aliphatic hydroxyl groups is 1. The van der Waals surface area contributed by atoms with E-state index in [-0.39, 0.29) is 17.2 Å². The topological polar surface area (TPSA) is 89.9 Å². The van der Waals surface area contributed by atoms with Gasteiger partial charge < -0.3 is 19.8 Å². The van der Waals surface area contributed by atoms with Crippen molar-refractivity contribution in [3.63, 3.8) is 0 Å². The van der Waals surface area contributed by atoms with Gasteiger partial charge in [-0.25, -0.2) is 4.98 Å². The lowest BCUT2D eigenvalue weighted by Gasteiger charge is -2.49. The zero-order valence-electron chi connectivity index (χ0n) is 17.2. The Hall–Kier alpha value is -2.22. The Morgan fingerprint density at radius 3 is 2.48 bits per heavy atom. The Balaban J connectivity index is 1.42. The summed E-state index contributed by atoms with van der Waals surface area (Å²) in [5.74, 6) is 0.739. The average Bonchev–Trinajstić information content (AvgIpc) is 2.74. The first kappa shape index (κ1) is 20.1. The lowest BCUT2D eigenvalue weighted by Crippen LogP contribution is -2.55. The Morgan fingerprint density at radius 2 is 1.79 bits per heavy atom. The summed E-state index contributed by atoms with van der Waals surface area (Å²) in [6.07, 6.45) is 8.64. The van der Waals surface area contributed by atoms with Crippen molar-refractivity contribution in [1.29, 1.82) is 0 Å². The Bertz CT molecular complexity index is 756. The summed E-state index contributed by atoms with van der Waals surface area (Å²) in [5, 5.41) is 10.3. The quantitative estimate of drug-likeness (QED) is 0.804. The van der Waals surface area contributed by atoms with E-state index in [1.807, 2.05) is 4.90 Å². The lowest BCUT2D eigenvalue weighted by atomic mass is 9.71. The molecule has 1 unspecified atom stereocenters. The van der Waals surface area contributed by atoms with Crippen LogP contribution < -0.4 is 4.90 Å². The molecule has 29 heavy (non-hydrogen) atoms. The number of rotatable bonds is 2. The Kier molecular flexibility index (Phi) is 5.72. The monoisotopic (exact) mass is 401 g/mol. The van der Waals surface area contributed by atoms with Crippen LogP contribution in [0.2, 0.25) is 0 Å². The first-order valence-electron chi connectivity index (χ1n) is 10.8. The van der Waals surface area contributed by atoms with E-state index in [1.165, 1.54) is 6.42 Å². The molecule has 1 aromatic heterocycles. The van der Waals surface area contributed by atoms with Crippen LogP contribution in [0.1, 0.15) is 55.9 Å². The molecule has 0 saturated carbocycles. The van der Waals surface area contributed by atoms with Gasteiger partial charge in [0.25, 0.3) is 5.91 Å². The van der Waals surface area contributed by atoms with Crippen LogP contribution in [0.5, 0.6) is 0 Å². The summed E-state index contributed by atoms with van der Waals surface area (Å²) in [5.41, 5.74) is 0.384. The highest BCUT2D eigenvalue weighted by molar-refractivity contribution is 5.92. The van der Waals surface area contributed by atoms with E-state index in [9.17, 15) is 14.7 Å². The van der Waals surface area contributed by atoms with Gasteiger partial charge in [0.1, 0.15) is 11.5 Å². The number of β-amino-alcohol motifs (C(OH)–C–C–N with tert-alkyl or cyclic N) is 1. The first-order valence-corrected chi connectivity index (χ1v) is 10.8. The molecular weight excluding hydrogens is 370 g/mol. The number of hydrogen-bond donors (Lipinski definition) is 1. The Morgan fingerprint density at radius 1 is 1.07 bits per heavy atom. The fourth-order valence-corrected chi connectivity index (χ4v) is 5.04. The third-order valence-corrected chi connectivity index (χ3v) is 6.70. The number of nitrogens with zero attached hydrogens (tertiary/aromatic N) is 5. The summed E-state index contributed by atoms with van der Waals surface area (Å²) in [7, 11) is 0. The van der Waals surface area contributed by atoms with Crippen molar-refractivity contribution < 1.29 is 14.7 Å². The van der Waals surface area contributed by atoms with Crippen LogP contribution in [-0.2, 0) is 4.79 Å². The predicted octanol–water partition coefficient (Wildman–Crippen LogP) is 1.30. The first-order chi connectivity index (χ1) is 14.0. The fourth-order valence-electron chi connectivity index (χ4n) is 5.04. The number of aromatic nitrogens is 2. The van der Waals surface area contributed by atoms with Gasteiger partial charge in [-0.1, -0.05) is 0 Å². The van der Waals surface area contributed by atoms with E-state index in [4.69, 9.17) is 0 Å². The molecule has 8 heteroatoms. The normalized spacial score (nSPS) is 24.6. The van der Waals surface area contributed by atoms with Crippen LogP contribution in [0.4, 0.5) is 5.82 Å². The van der Waals surface area contributed by atoms with Crippen LogP contribution in [0.25, 0.3) is 0 Å². The van der Waals surface area contributed by atoms with Crippen molar-refractivity contribution >= 4 is 17.6 Å². The van der Waals surface area contributed by atoms with Gasteiger partial charge in [0.15, 0.2) is 0 Å². The van der Waals surface area contributed by atoms with Gasteiger partial charge in [0.05, 0.1) is 18.5 Å². The molecule has 2 amide bonds. The van der Waals surface area contributed by atoms with E-state index in [1.54, 1.807) is 24.2 Å². The molecule has 3 aliphatic heterocycles. The van der Waals surface area contributed by atoms with Gasteiger partial charge in [-0.2, -0.15) is 0 Å². The molecule has 0 radical (unpaired) electrons. The number of hydrogen-bond acceptors (Lipinski definition) is 6. The van der Waals surface area contributed by atoms with Crippen LogP contribution >= 0.6 is 0 Å². The third kappa shape index (κ3) is 4.37. The van der Waals surface area contributed by atoms with Crippen LogP contribution in [0.15, 0.2) is 12.4 Å². The molecule has 3 fully saturated rings. The second kappa shape index (κ2) is 8.26. The molecule has 0 bridgehead atoms. The minimum atomic E-state index is -0.454. The van der Waals surface area contributed by atoms with Crippen LogP contribution in [0.3, 0.4) is 0 Å². The summed E-state index contributed by atoms with van der Waals surface area (Å²) in [4.78, 5) is 39.3. The molecule has 1 aromatic rings. The SMILES string of the molecule is CC(=O)N1CC(O)CC2(CCN(c3cncc(C(=O)N4CCCCC4)n3)CC2)C1. The van der Waals surface area contributed by atoms with E-state index in [0.717, 1.165) is 64.1 Å². The highest BCUT2D eigenvalue weighted by Gasteiger charge is 2.42. The van der Waals surface area contributed by atoms with Gasteiger partial charge in [0, 0.05) is 46.2 Å². The second-order valence-corrected chi connectivity index (χ2v) is 8.86. The minimum absolute atomic E-state index is 0.0277. The van der Waals surface area contributed by atoms with Gasteiger partial charge >= 0.3 is 0 Å². The number of carbonyl (C=O) groups excluding carboxylic acids is 2. The smallest absolute Gasteiger partial charge is 0.274 e. The van der Waals surface area contributed by atoms with Crippen molar-refractivity contribution in [2.75, 3.05) is 44.2 Å². The number of anilines is 1. The van der Waals surface area contributed by atoms with Crippen LogP contribution in [-0.4, -0.2) is 82.1 Å². The molecule has 1 atom stereocenters. The van der Waals surface area contributed by atoms with Gasteiger partial charge in [-0.3, -0.25) is 14.6 Å². The average molecular weight is 402 g/mol. The zero-order chi connectivity index (χ0) is 20.4. The maximum atomic E-state index is 12.8. The lowest BCUT2D eigenvalue weighted by molar-refractivity contribution is -0.137. The van der Waals surface area contributed by atoms with E-state index < -0.39 is 6.10 Å². The summed E-state index contributed by atoms with van der Waals surface area (Å²) in [6, 6.07) is 0. The predicted molar refractivity (Wildman–Crippen MR) is 109 cm³/mol. The molecule has 0 aliphatic carbocycles. The maximum Gasteiger partial charge on any atom is 0.274 e. The molecule has 8 nitrogen and oxygen atoms in total. The zero-order valence-corrected chi connectivity index (χ0v) is 17.2. The highest BCUT2D eigenvalue weighted by atomic mass is 16.3. The molecule has 0 aromatic carbocycles. The van der Waals surface area contributed by atoms with E-state index in [0.29, 0.717) is 18.8 Å². The van der Waals surface area contributed by atoms with Crippen molar-refractivity contribution in [1.82, 2.24) is 19.8 Å². The van der Waals surface area contributed by atoms with Crippen molar-refractivity contribution in [3.8, 4) is 0 Å². The van der Waals surface area contributed by atoms with Gasteiger partial charge in [-0.05, 0) is 43.9 Å². The molecule has 4 heterocycles. The van der Waals surface area contributed by atoms with Crippen molar-refractivity contribution in [2.24, 2.45) is 5.41 Å². The molecule has 3 saturated heterocycles. The maximum absolute atomic E-state index is 12.8. The number of piperidine rings is 3. The fraction of sp³-hybridized carbons (Fsp3) is 0.714. The second-order valence-electron chi connectivity index (χ2n) is 8.86. The number of aliphatic hydroxyl groups excluding tert-OH is 1. The van der Waals surface area contributed by atoms with Crippen molar-refractivity contribution in [3.05, 3.63) is 18.1 Å². The summed E-state index contributed by atoms with van der Waals surface area (Å²) in [6.45, 7) is 5.89. The standard InChI is InChI=1S/C21H31N5O3/c1-16(27)26-14-17(28)11-21(15-26)5-9-24(10-6-21)19-13-22-12-18(23-19)20(29)25-7-3-2-4-8-25/h12-13,17,28H,2-11,14-15H2,1H3. The molecule has 4 rings (SSSR count). The third-order valence-electron chi connectivity index (χ3n) is 6.70. The number of carbonyl (C=O) groups is 2.